The average Bonchev–Trinajstić information content (AvgIpc) is 2.51. The lowest BCUT2D eigenvalue weighted by Crippen LogP contribution is -2.43. The Morgan fingerprint density at radius 1 is 1.27 bits per heavy atom. The fourth-order valence-corrected chi connectivity index (χ4v) is 2.41. The van der Waals surface area contributed by atoms with Gasteiger partial charge in [-0.3, -0.25) is 14.5 Å². The molecule has 1 aliphatic heterocycles. The molecule has 0 spiro atoms. The number of benzene rings is 1. The summed E-state index contributed by atoms with van der Waals surface area (Å²) < 4.78 is 5.25. The zero-order valence-electron chi connectivity index (χ0n) is 12.5. The second kappa shape index (κ2) is 8.12. The largest absolute Gasteiger partial charge is 0.379 e. The third kappa shape index (κ3) is 4.98. The van der Waals surface area contributed by atoms with Gasteiger partial charge in [0.25, 0.3) is 0 Å². The van der Waals surface area contributed by atoms with Gasteiger partial charge < -0.3 is 15.4 Å². The molecule has 6 nitrogen and oxygen atoms in total. The lowest BCUT2D eigenvalue weighted by atomic mass is 10.2. The summed E-state index contributed by atoms with van der Waals surface area (Å²) in [5.41, 5.74) is 1.39. The number of carbonyl (C=O) groups is 2. The smallest absolute Gasteiger partial charge is 0.313 e. The highest BCUT2D eigenvalue weighted by molar-refractivity contribution is 6.39. The maximum Gasteiger partial charge on any atom is 0.313 e. The van der Waals surface area contributed by atoms with E-state index in [1.165, 1.54) is 0 Å². The van der Waals surface area contributed by atoms with Gasteiger partial charge in [0, 0.05) is 36.9 Å². The van der Waals surface area contributed by atoms with E-state index in [0.717, 1.165) is 18.7 Å². The van der Waals surface area contributed by atoms with E-state index in [4.69, 9.17) is 16.3 Å². The van der Waals surface area contributed by atoms with Crippen LogP contribution in [0.15, 0.2) is 18.2 Å². The minimum Gasteiger partial charge on any atom is -0.379 e. The van der Waals surface area contributed by atoms with Gasteiger partial charge in [-0.2, -0.15) is 0 Å². The number of aryl methyl sites for hydroxylation is 1. The third-order valence-electron chi connectivity index (χ3n) is 3.46. The van der Waals surface area contributed by atoms with Crippen LogP contribution >= 0.6 is 11.6 Å². The third-order valence-corrected chi connectivity index (χ3v) is 3.70. The molecule has 120 valence electrons. The van der Waals surface area contributed by atoms with Crippen molar-refractivity contribution >= 4 is 29.1 Å². The second-order valence-electron chi connectivity index (χ2n) is 5.12. The van der Waals surface area contributed by atoms with Crippen molar-refractivity contribution in [3.63, 3.8) is 0 Å². The topological polar surface area (TPSA) is 70.7 Å². The van der Waals surface area contributed by atoms with Gasteiger partial charge >= 0.3 is 11.8 Å². The van der Waals surface area contributed by atoms with Gasteiger partial charge in [0.05, 0.1) is 13.2 Å². The van der Waals surface area contributed by atoms with Crippen LogP contribution < -0.4 is 10.6 Å². The SMILES string of the molecule is Cc1cc(Cl)ccc1NC(=O)C(=O)NCCN1CCOCC1. The van der Waals surface area contributed by atoms with Crippen molar-refractivity contribution in [2.75, 3.05) is 44.7 Å². The minimum atomic E-state index is -0.674. The molecule has 2 rings (SSSR count). The van der Waals surface area contributed by atoms with Crippen LogP contribution in [0.5, 0.6) is 0 Å². The monoisotopic (exact) mass is 325 g/mol. The van der Waals surface area contributed by atoms with Crippen LogP contribution in [-0.2, 0) is 14.3 Å². The highest BCUT2D eigenvalue weighted by atomic mass is 35.5. The molecule has 0 radical (unpaired) electrons. The normalized spacial score (nSPS) is 15.4. The van der Waals surface area contributed by atoms with E-state index >= 15 is 0 Å². The van der Waals surface area contributed by atoms with Crippen molar-refractivity contribution in [1.82, 2.24) is 10.2 Å². The average molecular weight is 326 g/mol. The standard InChI is InChI=1S/C15H20ClN3O3/c1-11-10-12(16)2-3-13(11)18-15(21)14(20)17-4-5-19-6-8-22-9-7-19/h2-3,10H,4-9H2,1H3,(H,17,20)(H,18,21). The Morgan fingerprint density at radius 3 is 2.68 bits per heavy atom. The van der Waals surface area contributed by atoms with Crippen molar-refractivity contribution in [2.45, 2.75) is 6.92 Å². The van der Waals surface area contributed by atoms with E-state index in [2.05, 4.69) is 15.5 Å². The molecule has 1 heterocycles. The molecule has 2 amide bonds. The van der Waals surface area contributed by atoms with Gasteiger partial charge in [0.2, 0.25) is 0 Å². The van der Waals surface area contributed by atoms with Crippen LogP contribution in [0.4, 0.5) is 5.69 Å². The maximum absolute atomic E-state index is 11.8. The highest BCUT2D eigenvalue weighted by Crippen LogP contribution is 2.19. The first-order chi connectivity index (χ1) is 10.6. The van der Waals surface area contributed by atoms with E-state index in [-0.39, 0.29) is 0 Å². The Bertz CT molecular complexity index is 545. The molecule has 0 bridgehead atoms. The van der Waals surface area contributed by atoms with E-state index in [0.29, 0.717) is 37.0 Å². The van der Waals surface area contributed by atoms with Crippen molar-refractivity contribution in [3.8, 4) is 0 Å². The summed E-state index contributed by atoms with van der Waals surface area (Å²) >= 11 is 5.85. The number of halogens is 1. The molecule has 0 aliphatic carbocycles. The summed E-state index contributed by atoms with van der Waals surface area (Å²) in [6, 6.07) is 5.07. The lowest BCUT2D eigenvalue weighted by Gasteiger charge is -2.26. The van der Waals surface area contributed by atoms with Gasteiger partial charge in [-0.25, -0.2) is 0 Å². The molecule has 1 aliphatic rings. The van der Waals surface area contributed by atoms with E-state index < -0.39 is 11.8 Å². The van der Waals surface area contributed by atoms with Crippen LogP contribution in [0.3, 0.4) is 0 Å². The molecule has 0 atom stereocenters. The molecular formula is C15H20ClN3O3. The van der Waals surface area contributed by atoms with Crippen molar-refractivity contribution in [1.29, 1.82) is 0 Å². The summed E-state index contributed by atoms with van der Waals surface area (Å²) in [5.74, 6) is -1.31. The van der Waals surface area contributed by atoms with Gasteiger partial charge in [-0.1, -0.05) is 11.6 Å². The zero-order valence-corrected chi connectivity index (χ0v) is 13.3. The first-order valence-corrected chi connectivity index (χ1v) is 7.59. The Balaban J connectivity index is 1.75. The summed E-state index contributed by atoms with van der Waals surface area (Å²) in [6.07, 6.45) is 0. The molecule has 7 heteroatoms. The molecule has 0 aromatic heterocycles. The number of nitrogens with one attached hydrogen (secondary N) is 2. The second-order valence-corrected chi connectivity index (χ2v) is 5.56. The predicted octanol–water partition coefficient (Wildman–Crippen LogP) is 1.04. The highest BCUT2D eigenvalue weighted by Gasteiger charge is 2.15. The number of ether oxygens (including phenoxy) is 1. The van der Waals surface area contributed by atoms with Crippen LogP contribution in [0.25, 0.3) is 0 Å². The van der Waals surface area contributed by atoms with Crippen molar-refractivity contribution in [3.05, 3.63) is 28.8 Å². The Morgan fingerprint density at radius 2 is 2.00 bits per heavy atom. The number of hydrogen-bond acceptors (Lipinski definition) is 4. The number of hydrogen-bond donors (Lipinski definition) is 2. The lowest BCUT2D eigenvalue weighted by molar-refractivity contribution is -0.136. The molecule has 2 N–H and O–H groups in total. The van der Waals surface area contributed by atoms with Crippen molar-refractivity contribution in [2.24, 2.45) is 0 Å². The molecule has 0 unspecified atom stereocenters. The molecule has 1 aromatic rings. The van der Waals surface area contributed by atoms with E-state index in [1.54, 1.807) is 18.2 Å². The Kier molecular flexibility index (Phi) is 6.18. The van der Waals surface area contributed by atoms with Gasteiger partial charge in [0.15, 0.2) is 0 Å². The fourth-order valence-electron chi connectivity index (χ4n) is 2.18. The van der Waals surface area contributed by atoms with Crippen LogP contribution in [0.1, 0.15) is 5.56 Å². The molecule has 1 saturated heterocycles. The van der Waals surface area contributed by atoms with Crippen LogP contribution in [0, 0.1) is 6.92 Å². The Labute approximate surface area is 134 Å². The minimum absolute atomic E-state index is 0.436. The number of anilines is 1. The molecule has 1 fully saturated rings. The fraction of sp³-hybridized carbons (Fsp3) is 0.467. The molecule has 0 saturated carbocycles. The van der Waals surface area contributed by atoms with Crippen LogP contribution in [0.2, 0.25) is 5.02 Å². The first-order valence-electron chi connectivity index (χ1n) is 7.21. The number of nitrogens with zero attached hydrogens (tertiary/aromatic N) is 1. The number of carbonyl (C=O) groups excluding carboxylic acids is 2. The zero-order chi connectivity index (χ0) is 15.9. The van der Waals surface area contributed by atoms with Gasteiger partial charge in [-0.15, -0.1) is 0 Å². The number of morpholine rings is 1. The van der Waals surface area contributed by atoms with Crippen LogP contribution in [-0.4, -0.2) is 56.1 Å². The molecule has 22 heavy (non-hydrogen) atoms. The van der Waals surface area contributed by atoms with E-state index in [1.807, 2.05) is 6.92 Å². The van der Waals surface area contributed by atoms with Gasteiger partial charge in [0.1, 0.15) is 0 Å². The van der Waals surface area contributed by atoms with E-state index in [9.17, 15) is 9.59 Å². The Hall–Kier alpha value is -1.63. The quantitative estimate of drug-likeness (QED) is 0.811. The maximum atomic E-state index is 11.8. The van der Waals surface area contributed by atoms with Crippen molar-refractivity contribution < 1.29 is 14.3 Å². The first kappa shape index (κ1) is 16.7. The number of rotatable bonds is 4. The number of amides is 2. The van der Waals surface area contributed by atoms with Gasteiger partial charge in [-0.05, 0) is 30.7 Å². The predicted molar refractivity (Wildman–Crippen MR) is 85.1 cm³/mol. The molecule has 1 aromatic carbocycles. The summed E-state index contributed by atoms with van der Waals surface area (Å²) in [5, 5.41) is 5.79. The summed E-state index contributed by atoms with van der Waals surface area (Å²) in [7, 11) is 0. The summed E-state index contributed by atoms with van der Waals surface area (Å²) in [6.45, 7) is 6.10. The summed E-state index contributed by atoms with van der Waals surface area (Å²) in [4.78, 5) is 25.8. The molecular weight excluding hydrogens is 306 g/mol.